The van der Waals surface area contributed by atoms with Crippen LogP contribution in [0.15, 0.2) is 60.9 Å². The minimum Gasteiger partial charge on any atom is -0.373 e. The molecule has 2 aromatic heterocycles. The lowest BCUT2D eigenvalue weighted by atomic mass is 10.0. The summed E-state index contributed by atoms with van der Waals surface area (Å²) >= 11 is 18.5. The molecule has 0 bridgehead atoms. The summed E-state index contributed by atoms with van der Waals surface area (Å²) in [4.78, 5) is 4.31. The average molecular weight is 557 g/mol. The van der Waals surface area contributed by atoms with Crippen molar-refractivity contribution in [2.24, 2.45) is 0 Å². The van der Waals surface area contributed by atoms with Gasteiger partial charge in [-0.1, -0.05) is 46.9 Å². The van der Waals surface area contributed by atoms with Crippen LogP contribution in [0.25, 0.3) is 10.9 Å². The molecule has 37 heavy (non-hydrogen) atoms. The van der Waals surface area contributed by atoms with E-state index in [9.17, 15) is 14.0 Å². The van der Waals surface area contributed by atoms with E-state index in [4.69, 9.17) is 34.8 Å². The molecule has 5 aromatic rings. The van der Waals surface area contributed by atoms with Gasteiger partial charge in [0.2, 0.25) is 0 Å². The number of fused-ring (bicyclic) bond motifs is 1. The predicted octanol–water partition coefficient (Wildman–Crippen LogP) is 7.41. The SMILES string of the molecule is N#Cc1cnc2c(Cl)cc(N[C@@H](c3ccc(F)cc3)c3cn[nH]n3)cc2c1Nc1ccc(Cl)c(Cl)c1F. The number of aromatic amines is 1. The number of nitrogens with zero attached hydrogens (tertiary/aromatic N) is 4. The molecule has 0 spiro atoms. The molecule has 0 saturated heterocycles. The third-order valence-corrected chi connectivity index (χ3v) is 6.65. The zero-order chi connectivity index (χ0) is 26.1. The maximum atomic E-state index is 14.8. The number of hydrogen-bond acceptors (Lipinski definition) is 6. The van der Waals surface area contributed by atoms with Gasteiger partial charge in [-0.2, -0.15) is 20.7 Å². The van der Waals surface area contributed by atoms with Crippen LogP contribution in [-0.2, 0) is 0 Å². The molecule has 7 nitrogen and oxygen atoms in total. The van der Waals surface area contributed by atoms with E-state index in [1.165, 1.54) is 30.5 Å². The number of nitrogens with one attached hydrogen (secondary N) is 3. The van der Waals surface area contributed by atoms with Gasteiger partial charge in [0, 0.05) is 17.3 Å². The topological polar surface area (TPSA) is 102 Å². The first kappa shape index (κ1) is 24.7. The summed E-state index contributed by atoms with van der Waals surface area (Å²) in [6.45, 7) is 0. The van der Waals surface area contributed by atoms with Crippen LogP contribution in [0.1, 0.15) is 22.9 Å². The number of hydrogen-bond donors (Lipinski definition) is 3. The normalized spacial score (nSPS) is 11.8. The molecular formula is C25H14Cl3F2N7. The first-order valence-electron chi connectivity index (χ1n) is 10.7. The first-order chi connectivity index (χ1) is 17.9. The van der Waals surface area contributed by atoms with Crippen molar-refractivity contribution in [1.82, 2.24) is 20.4 Å². The van der Waals surface area contributed by atoms with Crippen molar-refractivity contribution in [2.75, 3.05) is 10.6 Å². The summed E-state index contributed by atoms with van der Waals surface area (Å²) in [7, 11) is 0. The third kappa shape index (κ3) is 4.87. The predicted molar refractivity (Wildman–Crippen MR) is 139 cm³/mol. The summed E-state index contributed by atoms with van der Waals surface area (Å²) in [5.74, 6) is -1.15. The van der Waals surface area contributed by atoms with Gasteiger partial charge in [-0.3, -0.25) is 4.98 Å². The van der Waals surface area contributed by atoms with Crippen molar-refractivity contribution in [3.8, 4) is 6.07 Å². The first-order valence-corrected chi connectivity index (χ1v) is 11.8. The Kier molecular flexibility index (Phi) is 6.80. The van der Waals surface area contributed by atoms with E-state index in [-0.39, 0.29) is 37.8 Å². The Morgan fingerprint density at radius 2 is 1.76 bits per heavy atom. The molecule has 12 heteroatoms. The van der Waals surface area contributed by atoms with E-state index in [0.717, 1.165) is 0 Å². The number of halogens is 5. The number of anilines is 3. The molecular weight excluding hydrogens is 543 g/mol. The molecule has 0 aliphatic rings. The highest BCUT2D eigenvalue weighted by Crippen LogP contribution is 2.38. The quantitative estimate of drug-likeness (QED) is 0.188. The summed E-state index contributed by atoms with van der Waals surface area (Å²) in [5, 5.41) is 27.1. The molecule has 5 rings (SSSR count). The highest BCUT2D eigenvalue weighted by Gasteiger charge is 2.20. The molecule has 1 atom stereocenters. The number of nitriles is 1. The van der Waals surface area contributed by atoms with Gasteiger partial charge in [0.25, 0.3) is 0 Å². The van der Waals surface area contributed by atoms with Gasteiger partial charge in [-0.25, -0.2) is 8.78 Å². The fourth-order valence-electron chi connectivity index (χ4n) is 3.82. The van der Waals surface area contributed by atoms with Gasteiger partial charge >= 0.3 is 0 Å². The molecule has 0 aliphatic heterocycles. The van der Waals surface area contributed by atoms with Crippen LogP contribution in [-0.4, -0.2) is 20.4 Å². The Morgan fingerprint density at radius 1 is 0.973 bits per heavy atom. The molecule has 2 heterocycles. The number of aromatic nitrogens is 4. The lowest BCUT2D eigenvalue weighted by molar-refractivity contribution is 0.626. The van der Waals surface area contributed by atoms with Gasteiger partial charge in [0.05, 0.1) is 49.8 Å². The van der Waals surface area contributed by atoms with Gasteiger partial charge in [0.15, 0.2) is 5.82 Å². The highest BCUT2D eigenvalue weighted by molar-refractivity contribution is 6.42. The van der Waals surface area contributed by atoms with Crippen molar-refractivity contribution in [1.29, 1.82) is 5.26 Å². The van der Waals surface area contributed by atoms with Crippen LogP contribution < -0.4 is 10.6 Å². The van der Waals surface area contributed by atoms with E-state index in [1.54, 1.807) is 30.5 Å². The lowest BCUT2D eigenvalue weighted by Crippen LogP contribution is -2.13. The molecule has 0 unspecified atom stereocenters. The van der Waals surface area contributed by atoms with Crippen LogP contribution in [0.5, 0.6) is 0 Å². The zero-order valence-electron chi connectivity index (χ0n) is 18.5. The van der Waals surface area contributed by atoms with Crippen LogP contribution in [0.2, 0.25) is 15.1 Å². The lowest BCUT2D eigenvalue weighted by Gasteiger charge is -2.20. The molecule has 3 aromatic carbocycles. The molecule has 0 aliphatic carbocycles. The van der Waals surface area contributed by atoms with Crippen LogP contribution in [0.4, 0.5) is 25.8 Å². The largest absolute Gasteiger partial charge is 0.373 e. The van der Waals surface area contributed by atoms with E-state index in [2.05, 4.69) is 37.1 Å². The van der Waals surface area contributed by atoms with Crippen molar-refractivity contribution in [2.45, 2.75) is 6.04 Å². The number of H-pyrrole nitrogens is 1. The summed E-state index contributed by atoms with van der Waals surface area (Å²) < 4.78 is 28.4. The maximum absolute atomic E-state index is 14.8. The van der Waals surface area contributed by atoms with Gasteiger partial charge in [0.1, 0.15) is 17.6 Å². The Labute approximate surface area is 224 Å². The molecule has 184 valence electrons. The summed E-state index contributed by atoms with van der Waals surface area (Å²) in [6.07, 6.45) is 2.88. The van der Waals surface area contributed by atoms with Gasteiger partial charge < -0.3 is 10.6 Å². The van der Waals surface area contributed by atoms with Crippen molar-refractivity contribution in [3.63, 3.8) is 0 Å². The Morgan fingerprint density at radius 3 is 2.46 bits per heavy atom. The number of rotatable bonds is 6. The highest BCUT2D eigenvalue weighted by atomic mass is 35.5. The second-order valence-electron chi connectivity index (χ2n) is 7.88. The standard InChI is InChI=1S/C25H14Cl3F2N7/c26-17-5-6-19(22(30)21(17)28)35-23-13(9-31)10-32-25-16(23)7-15(8-18(25)27)34-24(20-11-33-37-36-20)12-1-3-14(29)4-2-12/h1-8,10-11,24,34H,(H,32,35)(H,33,36,37)/t24-/m0/s1. The van der Waals surface area contributed by atoms with E-state index in [0.29, 0.717) is 27.8 Å². The second-order valence-corrected chi connectivity index (χ2v) is 9.08. The molecule has 0 amide bonds. The molecule has 3 N–H and O–H groups in total. The van der Waals surface area contributed by atoms with Crippen molar-refractivity contribution < 1.29 is 8.78 Å². The Balaban J connectivity index is 1.63. The Hall–Kier alpha value is -3.97. The van der Waals surface area contributed by atoms with Gasteiger partial charge in [-0.15, -0.1) is 0 Å². The maximum Gasteiger partial charge on any atom is 0.166 e. The molecule has 0 fully saturated rings. The van der Waals surface area contributed by atoms with E-state index >= 15 is 0 Å². The van der Waals surface area contributed by atoms with Crippen LogP contribution >= 0.6 is 34.8 Å². The smallest absolute Gasteiger partial charge is 0.166 e. The van der Waals surface area contributed by atoms with E-state index in [1.807, 2.05) is 0 Å². The van der Waals surface area contributed by atoms with Crippen LogP contribution in [0, 0.1) is 23.0 Å². The minimum atomic E-state index is -0.772. The van der Waals surface area contributed by atoms with Crippen LogP contribution in [0.3, 0.4) is 0 Å². The summed E-state index contributed by atoms with van der Waals surface area (Å²) in [6, 6.07) is 13.7. The minimum absolute atomic E-state index is 0.0136. The molecule has 0 radical (unpaired) electrons. The Bertz CT molecular complexity index is 1650. The van der Waals surface area contributed by atoms with Gasteiger partial charge in [-0.05, 0) is 42.0 Å². The fraction of sp³-hybridized carbons (Fsp3) is 0.0400. The van der Waals surface area contributed by atoms with E-state index < -0.39 is 11.9 Å². The molecule has 0 saturated carbocycles. The number of pyridine rings is 1. The van der Waals surface area contributed by atoms with Crippen molar-refractivity contribution in [3.05, 3.63) is 104 Å². The monoisotopic (exact) mass is 555 g/mol. The third-order valence-electron chi connectivity index (χ3n) is 5.58. The average Bonchev–Trinajstić information content (AvgIpc) is 3.43. The fourth-order valence-corrected chi connectivity index (χ4v) is 4.40. The van der Waals surface area contributed by atoms with Crippen molar-refractivity contribution >= 4 is 62.8 Å². The summed E-state index contributed by atoms with van der Waals surface area (Å²) in [5.41, 5.74) is 2.61. The second kappa shape index (κ2) is 10.2. The number of benzene rings is 3. The zero-order valence-corrected chi connectivity index (χ0v) is 20.8.